The first kappa shape index (κ1) is 21.0. The summed E-state index contributed by atoms with van der Waals surface area (Å²) < 4.78 is 13.9. The van der Waals surface area contributed by atoms with Gasteiger partial charge in [-0.25, -0.2) is 0 Å². The number of rotatable bonds is 6. The van der Waals surface area contributed by atoms with Gasteiger partial charge in [-0.3, -0.25) is 9.36 Å². The van der Waals surface area contributed by atoms with Crippen LogP contribution in [0.1, 0.15) is 49.8 Å². The van der Waals surface area contributed by atoms with E-state index in [1.165, 1.54) is 11.8 Å². The molecule has 9 heteroatoms. The van der Waals surface area contributed by atoms with E-state index in [1.54, 1.807) is 11.3 Å². The lowest BCUT2D eigenvalue weighted by Crippen LogP contribution is -2.32. The maximum absolute atomic E-state index is 13.3. The number of hydrogen-bond donors (Lipinski definition) is 0. The molecule has 0 radical (unpaired) electrons. The minimum absolute atomic E-state index is 0.0817. The number of thiophene rings is 1. The van der Waals surface area contributed by atoms with Crippen molar-refractivity contribution in [3.63, 3.8) is 0 Å². The summed E-state index contributed by atoms with van der Waals surface area (Å²) in [6.45, 7) is 2.13. The van der Waals surface area contributed by atoms with Gasteiger partial charge in [0.1, 0.15) is 0 Å². The SMILES string of the molecule is O=C(CSc1nnc(-c2cccs2)n1C1CC1)N1CCCC1c1ccc2c(c1)OCCCO2. The van der Waals surface area contributed by atoms with Gasteiger partial charge in [-0.1, -0.05) is 23.9 Å². The number of carbonyl (C=O) groups is 1. The number of hydrogen-bond acceptors (Lipinski definition) is 7. The third-order valence-corrected chi connectivity index (χ3v) is 8.17. The van der Waals surface area contributed by atoms with Crippen LogP contribution in [0.25, 0.3) is 10.7 Å². The normalized spacial score (nSPS) is 20.1. The molecule has 1 aromatic carbocycles. The second-order valence-corrected chi connectivity index (χ2v) is 10.6. The van der Waals surface area contributed by atoms with Crippen molar-refractivity contribution in [2.24, 2.45) is 0 Å². The molecule has 1 amide bonds. The zero-order valence-corrected chi connectivity index (χ0v) is 19.9. The zero-order chi connectivity index (χ0) is 22.2. The van der Waals surface area contributed by atoms with Crippen molar-refractivity contribution in [3.05, 3.63) is 41.3 Å². The van der Waals surface area contributed by atoms with Crippen LogP contribution >= 0.6 is 23.1 Å². The molecule has 0 spiro atoms. The largest absolute Gasteiger partial charge is 0.490 e. The van der Waals surface area contributed by atoms with Crippen LogP contribution in [0.3, 0.4) is 0 Å². The lowest BCUT2D eigenvalue weighted by Gasteiger charge is -2.25. The highest BCUT2D eigenvalue weighted by Gasteiger charge is 2.33. The Balaban J connectivity index is 1.17. The lowest BCUT2D eigenvalue weighted by molar-refractivity contribution is -0.129. The van der Waals surface area contributed by atoms with Gasteiger partial charge in [0.25, 0.3) is 0 Å². The monoisotopic (exact) mass is 482 g/mol. The zero-order valence-electron chi connectivity index (χ0n) is 18.3. The molecule has 3 aliphatic rings. The Kier molecular flexibility index (Phi) is 5.75. The number of aromatic nitrogens is 3. The van der Waals surface area contributed by atoms with Crippen LogP contribution < -0.4 is 9.47 Å². The first-order valence-electron chi connectivity index (χ1n) is 11.6. The first-order valence-corrected chi connectivity index (χ1v) is 13.4. The molecule has 1 aliphatic carbocycles. The Morgan fingerprint density at radius 2 is 1.97 bits per heavy atom. The number of carbonyl (C=O) groups excluding carboxylic acids is 1. The summed E-state index contributed by atoms with van der Waals surface area (Å²) in [5, 5.41) is 11.8. The molecule has 4 heterocycles. The summed E-state index contributed by atoms with van der Waals surface area (Å²) in [5.41, 5.74) is 1.12. The van der Waals surface area contributed by atoms with Crippen LogP contribution in [-0.2, 0) is 4.79 Å². The third kappa shape index (κ3) is 4.24. The molecule has 7 nitrogen and oxygen atoms in total. The van der Waals surface area contributed by atoms with Crippen LogP contribution in [0.2, 0.25) is 0 Å². The molecule has 3 aromatic rings. The number of benzene rings is 1. The predicted octanol–water partition coefficient (Wildman–Crippen LogP) is 4.96. The summed E-state index contributed by atoms with van der Waals surface area (Å²) in [4.78, 5) is 16.4. The Bertz CT molecular complexity index is 1140. The minimum Gasteiger partial charge on any atom is -0.490 e. The van der Waals surface area contributed by atoms with E-state index >= 15 is 0 Å². The van der Waals surface area contributed by atoms with Crippen LogP contribution in [0.15, 0.2) is 40.9 Å². The predicted molar refractivity (Wildman–Crippen MR) is 128 cm³/mol. The van der Waals surface area contributed by atoms with Gasteiger partial charge in [-0.05, 0) is 54.8 Å². The number of thioether (sulfide) groups is 1. The van der Waals surface area contributed by atoms with E-state index in [1.807, 2.05) is 17.0 Å². The van der Waals surface area contributed by atoms with Gasteiger partial charge in [0.05, 0.1) is 29.9 Å². The summed E-state index contributed by atoms with van der Waals surface area (Å²) >= 11 is 3.18. The van der Waals surface area contributed by atoms with Gasteiger partial charge in [0, 0.05) is 19.0 Å². The van der Waals surface area contributed by atoms with Crippen molar-refractivity contribution in [2.45, 2.75) is 49.3 Å². The number of amides is 1. The molecule has 6 rings (SSSR count). The average molecular weight is 483 g/mol. The van der Waals surface area contributed by atoms with Gasteiger partial charge >= 0.3 is 0 Å². The van der Waals surface area contributed by atoms with Gasteiger partial charge in [-0.2, -0.15) is 0 Å². The van der Waals surface area contributed by atoms with E-state index in [-0.39, 0.29) is 11.9 Å². The second-order valence-electron chi connectivity index (χ2n) is 8.68. The molecule has 1 saturated carbocycles. The van der Waals surface area contributed by atoms with Crippen LogP contribution in [-0.4, -0.2) is 51.1 Å². The highest BCUT2D eigenvalue weighted by molar-refractivity contribution is 7.99. The van der Waals surface area contributed by atoms with E-state index in [0.29, 0.717) is 25.0 Å². The van der Waals surface area contributed by atoms with Gasteiger partial charge in [0.2, 0.25) is 5.91 Å². The van der Waals surface area contributed by atoms with E-state index in [9.17, 15) is 4.79 Å². The number of likely N-dealkylation sites (tertiary alicyclic amines) is 1. The fraction of sp³-hybridized carbons (Fsp3) is 0.458. The fourth-order valence-corrected chi connectivity index (χ4v) is 6.22. The highest BCUT2D eigenvalue weighted by atomic mass is 32.2. The summed E-state index contributed by atoms with van der Waals surface area (Å²) in [6.07, 6.45) is 5.16. The Labute approximate surface area is 201 Å². The number of nitrogens with zero attached hydrogens (tertiary/aromatic N) is 4. The molecule has 1 unspecified atom stereocenters. The van der Waals surface area contributed by atoms with Gasteiger partial charge in [-0.15, -0.1) is 21.5 Å². The maximum Gasteiger partial charge on any atom is 0.233 e. The number of fused-ring (bicyclic) bond motifs is 1. The standard InChI is InChI=1S/C24H26N4O3S2/c29-22(15-33-24-26-25-23(21-5-2-13-32-21)28(24)17-7-8-17)27-10-1-4-18(27)16-6-9-19-20(14-16)31-12-3-11-30-19/h2,5-6,9,13-14,17-18H,1,3-4,7-8,10-12,15H2. The van der Waals surface area contributed by atoms with Gasteiger partial charge < -0.3 is 14.4 Å². The fourth-order valence-electron chi connectivity index (χ4n) is 4.62. The molecule has 2 aromatic heterocycles. The molecule has 2 fully saturated rings. The molecular weight excluding hydrogens is 456 g/mol. The summed E-state index contributed by atoms with van der Waals surface area (Å²) in [7, 11) is 0. The van der Waals surface area contributed by atoms with Crippen molar-refractivity contribution in [3.8, 4) is 22.2 Å². The van der Waals surface area contributed by atoms with E-state index < -0.39 is 0 Å². The Morgan fingerprint density at radius 3 is 2.79 bits per heavy atom. The highest BCUT2D eigenvalue weighted by Crippen LogP contribution is 2.42. The molecule has 33 heavy (non-hydrogen) atoms. The van der Waals surface area contributed by atoms with Crippen molar-refractivity contribution in [1.82, 2.24) is 19.7 Å². The van der Waals surface area contributed by atoms with Crippen LogP contribution in [0.5, 0.6) is 11.5 Å². The first-order chi connectivity index (χ1) is 16.3. The van der Waals surface area contributed by atoms with Crippen molar-refractivity contribution in [1.29, 1.82) is 0 Å². The summed E-state index contributed by atoms with van der Waals surface area (Å²) in [6, 6.07) is 10.8. The van der Waals surface area contributed by atoms with Crippen LogP contribution in [0.4, 0.5) is 0 Å². The molecule has 0 N–H and O–H groups in total. The maximum atomic E-state index is 13.3. The molecule has 0 bridgehead atoms. The van der Waals surface area contributed by atoms with Gasteiger partial charge in [0.15, 0.2) is 22.5 Å². The van der Waals surface area contributed by atoms with Crippen LogP contribution in [0, 0.1) is 0 Å². The van der Waals surface area contributed by atoms with Crippen molar-refractivity contribution in [2.75, 3.05) is 25.5 Å². The number of ether oxygens (including phenoxy) is 2. The second kappa shape index (κ2) is 9.02. The van der Waals surface area contributed by atoms with E-state index in [2.05, 4.69) is 38.3 Å². The Morgan fingerprint density at radius 1 is 1.09 bits per heavy atom. The van der Waals surface area contributed by atoms with E-state index in [0.717, 1.165) is 71.6 Å². The molecule has 1 atom stereocenters. The minimum atomic E-state index is 0.0817. The van der Waals surface area contributed by atoms with Crippen molar-refractivity contribution >= 4 is 29.0 Å². The Hall–Kier alpha value is -2.52. The molecule has 172 valence electrons. The smallest absolute Gasteiger partial charge is 0.233 e. The molecular formula is C24H26N4O3S2. The van der Waals surface area contributed by atoms with Crippen molar-refractivity contribution < 1.29 is 14.3 Å². The topological polar surface area (TPSA) is 69.5 Å². The quantitative estimate of drug-likeness (QED) is 0.463. The lowest BCUT2D eigenvalue weighted by atomic mass is 10.0. The average Bonchev–Trinajstić information content (AvgIpc) is 3.21. The van der Waals surface area contributed by atoms with E-state index in [4.69, 9.17) is 9.47 Å². The molecule has 2 aliphatic heterocycles. The molecule has 1 saturated heterocycles. The third-order valence-electron chi connectivity index (χ3n) is 6.37. The summed E-state index contributed by atoms with van der Waals surface area (Å²) in [5.74, 6) is 3.03.